The van der Waals surface area contributed by atoms with Gasteiger partial charge in [0, 0.05) is 18.7 Å². The lowest BCUT2D eigenvalue weighted by Gasteiger charge is -2.19. The van der Waals surface area contributed by atoms with E-state index >= 15 is 0 Å². The summed E-state index contributed by atoms with van der Waals surface area (Å²) < 4.78 is 19.7. The van der Waals surface area contributed by atoms with Gasteiger partial charge in [-0.25, -0.2) is 4.39 Å². The van der Waals surface area contributed by atoms with Crippen molar-refractivity contribution in [2.45, 2.75) is 45.6 Å². The molecule has 1 N–H and O–H groups in total. The van der Waals surface area contributed by atoms with Crippen LogP contribution in [0.25, 0.3) is 0 Å². The van der Waals surface area contributed by atoms with Crippen LogP contribution in [0.3, 0.4) is 0 Å². The molecule has 0 aliphatic rings. The first-order valence-electron chi connectivity index (χ1n) is 7.36. The Morgan fingerprint density at radius 2 is 1.95 bits per heavy atom. The molecule has 0 amide bonds. The second-order valence-corrected chi connectivity index (χ2v) is 4.79. The highest BCUT2D eigenvalue weighted by molar-refractivity contribution is 5.20. The summed E-state index contributed by atoms with van der Waals surface area (Å²) in [5, 5.41) is 3.31. The number of hydrogen-bond donors (Lipinski definition) is 1. The normalized spacial score (nSPS) is 12.6. The molecule has 0 saturated heterocycles. The monoisotopic (exact) mass is 267 g/mol. The van der Waals surface area contributed by atoms with Gasteiger partial charge in [0.1, 0.15) is 5.82 Å². The highest BCUT2D eigenvalue weighted by Crippen LogP contribution is 2.20. The number of hydrogen-bond acceptors (Lipinski definition) is 2. The Morgan fingerprint density at radius 3 is 2.63 bits per heavy atom. The molecular weight excluding hydrogens is 241 g/mol. The number of rotatable bonds is 10. The maximum Gasteiger partial charge on any atom is 0.129 e. The standard InChI is InChI=1S/C16H26FNO/c1-3-5-8-12-19-16(13-18-11-4-2)14-9-6-7-10-15(14)17/h6-7,9-10,16,18H,3-5,8,11-13H2,1-2H3. The third-order valence-corrected chi connectivity index (χ3v) is 3.08. The van der Waals surface area contributed by atoms with Crippen LogP contribution in [0.2, 0.25) is 0 Å². The Bertz CT molecular complexity index is 343. The van der Waals surface area contributed by atoms with Gasteiger partial charge in [-0.2, -0.15) is 0 Å². The smallest absolute Gasteiger partial charge is 0.129 e. The van der Waals surface area contributed by atoms with Gasteiger partial charge in [0.2, 0.25) is 0 Å². The van der Waals surface area contributed by atoms with E-state index in [9.17, 15) is 4.39 Å². The molecule has 1 aromatic carbocycles. The predicted molar refractivity (Wildman–Crippen MR) is 77.8 cm³/mol. The van der Waals surface area contributed by atoms with Crippen molar-refractivity contribution in [2.24, 2.45) is 0 Å². The fourth-order valence-electron chi connectivity index (χ4n) is 1.98. The fourth-order valence-corrected chi connectivity index (χ4v) is 1.98. The zero-order valence-corrected chi connectivity index (χ0v) is 12.1. The van der Waals surface area contributed by atoms with Crippen molar-refractivity contribution in [3.05, 3.63) is 35.6 Å². The minimum atomic E-state index is -0.190. The van der Waals surface area contributed by atoms with Gasteiger partial charge in [-0.1, -0.05) is 44.9 Å². The van der Waals surface area contributed by atoms with Gasteiger partial charge in [-0.05, 0) is 25.5 Å². The largest absolute Gasteiger partial charge is 0.372 e. The first-order valence-corrected chi connectivity index (χ1v) is 7.36. The highest BCUT2D eigenvalue weighted by atomic mass is 19.1. The molecule has 0 aromatic heterocycles. The van der Waals surface area contributed by atoms with Crippen LogP contribution in [0.5, 0.6) is 0 Å². The molecule has 1 rings (SSSR count). The Kier molecular flexibility index (Phi) is 8.43. The minimum Gasteiger partial charge on any atom is -0.372 e. The van der Waals surface area contributed by atoms with E-state index in [-0.39, 0.29) is 11.9 Å². The molecule has 0 saturated carbocycles. The lowest BCUT2D eigenvalue weighted by atomic mass is 10.1. The van der Waals surface area contributed by atoms with Crippen LogP contribution >= 0.6 is 0 Å². The first-order chi connectivity index (χ1) is 9.29. The van der Waals surface area contributed by atoms with Crippen LogP contribution in [0.15, 0.2) is 24.3 Å². The Hall–Kier alpha value is -0.930. The van der Waals surface area contributed by atoms with Gasteiger partial charge in [0.25, 0.3) is 0 Å². The quantitative estimate of drug-likeness (QED) is 0.645. The summed E-state index contributed by atoms with van der Waals surface area (Å²) in [6.45, 7) is 6.58. The molecule has 19 heavy (non-hydrogen) atoms. The predicted octanol–water partition coefficient (Wildman–Crippen LogP) is 4.07. The van der Waals surface area contributed by atoms with E-state index in [0.717, 1.165) is 25.8 Å². The summed E-state index contributed by atoms with van der Waals surface area (Å²) in [7, 11) is 0. The van der Waals surface area contributed by atoms with E-state index in [4.69, 9.17) is 4.74 Å². The Morgan fingerprint density at radius 1 is 1.16 bits per heavy atom. The van der Waals surface area contributed by atoms with Crippen molar-refractivity contribution >= 4 is 0 Å². The van der Waals surface area contributed by atoms with E-state index in [1.54, 1.807) is 6.07 Å². The second-order valence-electron chi connectivity index (χ2n) is 4.79. The summed E-state index contributed by atoms with van der Waals surface area (Å²) in [5.74, 6) is -0.179. The molecule has 108 valence electrons. The Balaban J connectivity index is 2.55. The van der Waals surface area contributed by atoms with Gasteiger partial charge in [0.15, 0.2) is 0 Å². The van der Waals surface area contributed by atoms with Crippen molar-refractivity contribution in [3.63, 3.8) is 0 Å². The molecule has 2 nitrogen and oxygen atoms in total. The van der Waals surface area contributed by atoms with Crippen LogP contribution in [0, 0.1) is 5.82 Å². The molecule has 0 heterocycles. The third kappa shape index (κ3) is 6.17. The van der Waals surface area contributed by atoms with E-state index in [2.05, 4.69) is 19.2 Å². The zero-order valence-electron chi connectivity index (χ0n) is 12.1. The molecular formula is C16H26FNO. The minimum absolute atomic E-state index is 0.179. The third-order valence-electron chi connectivity index (χ3n) is 3.08. The van der Waals surface area contributed by atoms with Crippen molar-refractivity contribution in [1.29, 1.82) is 0 Å². The van der Waals surface area contributed by atoms with E-state index < -0.39 is 0 Å². The summed E-state index contributed by atoms with van der Waals surface area (Å²) in [6, 6.07) is 6.89. The van der Waals surface area contributed by atoms with Gasteiger partial charge in [0.05, 0.1) is 6.10 Å². The van der Waals surface area contributed by atoms with Crippen molar-refractivity contribution < 1.29 is 9.13 Å². The summed E-state index contributed by atoms with van der Waals surface area (Å²) in [4.78, 5) is 0. The van der Waals surface area contributed by atoms with E-state index in [0.29, 0.717) is 18.7 Å². The summed E-state index contributed by atoms with van der Waals surface area (Å²) in [5.41, 5.74) is 0.655. The van der Waals surface area contributed by atoms with Gasteiger partial charge in [-0.15, -0.1) is 0 Å². The molecule has 1 aromatic rings. The van der Waals surface area contributed by atoms with Gasteiger partial charge in [-0.3, -0.25) is 0 Å². The molecule has 3 heteroatoms. The SMILES string of the molecule is CCCCCOC(CNCCC)c1ccccc1F. The lowest BCUT2D eigenvalue weighted by Crippen LogP contribution is -2.25. The molecule has 0 fully saturated rings. The molecule has 1 unspecified atom stereocenters. The number of nitrogens with one attached hydrogen (secondary N) is 1. The molecule has 0 aliphatic heterocycles. The maximum absolute atomic E-state index is 13.8. The van der Waals surface area contributed by atoms with Crippen molar-refractivity contribution in [1.82, 2.24) is 5.32 Å². The van der Waals surface area contributed by atoms with Crippen molar-refractivity contribution in [2.75, 3.05) is 19.7 Å². The molecule has 0 aliphatic carbocycles. The number of unbranched alkanes of at least 4 members (excludes halogenated alkanes) is 2. The van der Waals surface area contributed by atoms with Crippen LogP contribution in [-0.4, -0.2) is 19.7 Å². The summed E-state index contributed by atoms with van der Waals surface area (Å²) in [6.07, 6.45) is 4.24. The van der Waals surface area contributed by atoms with Crippen LogP contribution in [0.1, 0.15) is 51.2 Å². The topological polar surface area (TPSA) is 21.3 Å². The van der Waals surface area contributed by atoms with Crippen LogP contribution in [-0.2, 0) is 4.74 Å². The number of benzene rings is 1. The lowest BCUT2D eigenvalue weighted by molar-refractivity contribution is 0.0478. The number of ether oxygens (including phenoxy) is 1. The highest BCUT2D eigenvalue weighted by Gasteiger charge is 2.15. The van der Waals surface area contributed by atoms with Crippen LogP contribution < -0.4 is 5.32 Å². The van der Waals surface area contributed by atoms with E-state index in [1.165, 1.54) is 12.5 Å². The molecule has 1 atom stereocenters. The zero-order chi connectivity index (χ0) is 13.9. The van der Waals surface area contributed by atoms with E-state index in [1.807, 2.05) is 12.1 Å². The number of halogens is 1. The Labute approximate surface area is 116 Å². The van der Waals surface area contributed by atoms with Crippen molar-refractivity contribution in [3.8, 4) is 0 Å². The second kappa shape index (κ2) is 9.93. The first kappa shape index (κ1) is 16.1. The van der Waals surface area contributed by atoms with Crippen LogP contribution in [0.4, 0.5) is 4.39 Å². The fraction of sp³-hybridized carbons (Fsp3) is 0.625. The average molecular weight is 267 g/mol. The van der Waals surface area contributed by atoms with Gasteiger partial charge < -0.3 is 10.1 Å². The van der Waals surface area contributed by atoms with Gasteiger partial charge >= 0.3 is 0 Å². The molecule has 0 spiro atoms. The summed E-state index contributed by atoms with van der Waals surface area (Å²) >= 11 is 0. The molecule has 0 bridgehead atoms. The average Bonchev–Trinajstić information content (AvgIpc) is 2.42. The maximum atomic E-state index is 13.8. The molecule has 0 radical (unpaired) electrons.